The van der Waals surface area contributed by atoms with Crippen molar-refractivity contribution in [1.82, 2.24) is 10.3 Å². The van der Waals surface area contributed by atoms with E-state index in [0.29, 0.717) is 6.54 Å². The first-order valence-electron chi connectivity index (χ1n) is 5.82. The number of nitrogens with zero attached hydrogens (tertiary/aromatic N) is 2. The largest absolute Gasteiger partial charge is 0.429 e. The Morgan fingerprint density at radius 3 is 2.80 bits per heavy atom. The molecule has 0 amide bonds. The summed E-state index contributed by atoms with van der Waals surface area (Å²) in [6.07, 6.45) is 1.55. The number of aromatic nitrogens is 1. The van der Waals surface area contributed by atoms with Gasteiger partial charge in [-0.1, -0.05) is 12.1 Å². The number of ether oxygens (including phenoxy) is 1. The van der Waals surface area contributed by atoms with Crippen molar-refractivity contribution >= 4 is 5.69 Å². The zero-order valence-electron chi connectivity index (χ0n) is 10.7. The third kappa shape index (κ3) is 3.07. The highest BCUT2D eigenvalue weighted by Gasteiger charge is 2.20. The summed E-state index contributed by atoms with van der Waals surface area (Å²) in [6, 6.07) is 6.80. The van der Waals surface area contributed by atoms with E-state index in [2.05, 4.69) is 10.3 Å². The lowest BCUT2D eigenvalue weighted by Gasteiger charge is -2.07. The van der Waals surface area contributed by atoms with Gasteiger partial charge in [0.1, 0.15) is 0 Å². The van der Waals surface area contributed by atoms with E-state index in [1.165, 1.54) is 18.2 Å². The average molecular weight is 277 g/mol. The second kappa shape index (κ2) is 6.07. The molecule has 0 aliphatic rings. The summed E-state index contributed by atoms with van der Waals surface area (Å²) in [5.41, 5.74) is 0.481. The number of halogens is 1. The van der Waals surface area contributed by atoms with Crippen molar-refractivity contribution in [2.75, 3.05) is 7.05 Å². The van der Waals surface area contributed by atoms with Gasteiger partial charge >= 0.3 is 5.69 Å². The molecule has 0 bridgehead atoms. The molecule has 0 atom stereocenters. The molecule has 1 aromatic heterocycles. The number of hydrogen-bond donors (Lipinski definition) is 1. The van der Waals surface area contributed by atoms with Crippen LogP contribution in [-0.2, 0) is 6.54 Å². The maximum atomic E-state index is 13.6. The molecule has 0 saturated heterocycles. The zero-order chi connectivity index (χ0) is 14.5. The minimum absolute atomic E-state index is 0.0954. The van der Waals surface area contributed by atoms with Crippen LogP contribution < -0.4 is 10.1 Å². The van der Waals surface area contributed by atoms with Crippen LogP contribution in [0, 0.1) is 15.9 Å². The van der Waals surface area contributed by atoms with E-state index in [4.69, 9.17) is 4.74 Å². The molecule has 1 N–H and O–H groups in total. The van der Waals surface area contributed by atoms with Gasteiger partial charge in [-0.15, -0.1) is 0 Å². The van der Waals surface area contributed by atoms with E-state index < -0.39 is 22.2 Å². The molecule has 0 saturated carbocycles. The number of nitro groups is 1. The van der Waals surface area contributed by atoms with Crippen molar-refractivity contribution in [2.24, 2.45) is 0 Å². The average Bonchev–Trinajstić information content (AvgIpc) is 2.43. The van der Waals surface area contributed by atoms with Crippen molar-refractivity contribution in [3.8, 4) is 11.6 Å². The number of rotatable bonds is 5. The molecule has 0 unspecified atom stereocenters. The predicted molar refractivity (Wildman–Crippen MR) is 70.1 cm³/mol. The highest BCUT2D eigenvalue weighted by atomic mass is 19.1. The molecule has 0 radical (unpaired) electrons. The van der Waals surface area contributed by atoms with Gasteiger partial charge in [-0.2, -0.15) is 0 Å². The Morgan fingerprint density at radius 2 is 2.20 bits per heavy atom. The van der Waals surface area contributed by atoms with Gasteiger partial charge in [-0.3, -0.25) is 10.1 Å². The minimum atomic E-state index is -0.805. The van der Waals surface area contributed by atoms with Crippen molar-refractivity contribution in [1.29, 1.82) is 0 Å². The fourth-order valence-electron chi connectivity index (χ4n) is 1.63. The van der Waals surface area contributed by atoms with E-state index >= 15 is 0 Å². The highest BCUT2D eigenvalue weighted by Crippen LogP contribution is 2.32. The number of benzene rings is 1. The topological polar surface area (TPSA) is 77.3 Å². The molecule has 7 heteroatoms. The molecule has 0 aliphatic heterocycles. The molecule has 1 heterocycles. The van der Waals surface area contributed by atoms with Crippen molar-refractivity contribution in [3.63, 3.8) is 0 Å². The molecular weight excluding hydrogens is 265 g/mol. The van der Waals surface area contributed by atoms with Gasteiger partial charge in [0.25, 0.3) is 0 Å². The third-order valence-corrected chi connectivity index (χ3v) is 2.53. The van der Waals surface area contributed by atoms with E-state index in [1.54, 1.807) is 19.3 Å². The van der Waals surface area contributed by atoms with Gasteiger partial charge in [0.15, 0.2) is 5.82 Å². The molecular formula is C13H12FN3O3. The van der Waals surface area contributed by atoms with Gasteiger partial charge in [0.2, 0.25) is 11.6 Å². The summed E-state index contributed by atoms with van der Waals surface area (Å²) in [6.45, 7) is 0.632. The number of para-hydroxylation sites is 1. The van der Waals surface area contributed by atoms with Crippen LogP contribution in [0.5, 0.6) is 11.6 Å². The lowest BCUT2D eigenvalue weighted by molar-refractivity contribution is -0.385. The van der Waals surface area contributed by atoms with Crippen LogP contribution in [-0.4, -0.2) is 17.0 Å². The van der Waals surface area contributed by atoms with E-state index in [1.807, 2.05) is 0 Å². The van der Waals surface area contributed by atoms with Gasteiger partial charge in [-0.25, -0.2) is 9.37 Å². The maximum absolute atomic E-state index is 13.6. The zero-order valence-corrected chi connectivity index (χ0v) is 10.7. The van der Waals surface area contributed by atoms with Crippen molar-refractivity contribution in [3.05, 3.63) is 58.0 Å². The van der Waals surface area contributed by atoms with Gasteiger partial charge in [0, 0.05) is 24.9 Å². The summed E-state index contributed by atoms with van der Waals surface area (Å²) in [5.74, 6) is -1.15. The lowest BCUT2D eigenvalue weighted by Crippen LogP contribution is -2.05. The molecule has 6 nitrogen and oxygen atoms in total. The molecule has 1 aromatic carbocycles. The molecule has 104 valence electrons. The lowest BCUT2D eigenvalue weighted by atomic mass is 10.3. The van der Waals surface area contributed by atoms with Gasteiger partial charge < -0.3 is 10.1 Å². The number of nitro benzene ring substituents is 1. The van der Waals surface area contributed by atoms with Crippen LogP contribution in [0.25, 0.3) is 0 Å². The first kappa shape index (κ1) is 13.9. The number of hydrogen-bond acceptors (Lipinski definition) is 5. The second-order valence-electron chi connectivity index (χ2n) is 3.98. The highest BCUT2D eigenvalue weighted by molar-refractivity contribution is 5.48. The molecule has 0 spiro atoms. The summed E-state index contributed by atoms with van der Waals surface area (Å²) in [4.78, 5) is 14.1. The summed E-state index contributed by atoms with van der Waals surface area (Å²) >= 11 is 0. The fourth-order valence-corrected chi connectivity index (χ4v) is 1.63. The van der Waals surface area contributed by atoms with Crippen molar-refractivity contribution < 1.29 is 14.1 Å². The number of nitrogens with one attached hydrogen (secondary N) is 1. The van der Waals surface area contributed by atoms with Crippen LogP contribution in [0.15, 0.2) is 36.5 Å². The molecule has 20 heavy (non-hydrogen) atoms. The molecule has 2 rings (SSSR count). The van der Waals surface area contributed by atoms with Crippen molar-refractivity contribution in [2.45, 2.75) is 6.54 Å². The summed E-state index contributed by atoms with van der Waals surface area (Å²) < 4.78 is 18.8. The Hall–Kier alpha value is -2.54. The Balaban J connectivity index is 2.27. The van der Waals surface area contributed by atoms with E-state index in [0.717, 1.165) is 11.6 Å². The normalized spacial score (nSPS) is 10.3. The Kier molecular flexibility index (Phi) is 4.21. The van der Waals surface area contributed by atoms with Gasteiger partial charge in [0.05, 0.1) is 4.92 Å². The Labute approximate surface area is 114 Å². The van der Waals surface area contributed by atoms with E-state index in [9.17, 15) is 14.5 Å². The van der Waals surface area contributed by atoms with Crippen LogP contribution in [0.4, 0.5) is 10.1 Å². The molecule has 2 aromatic rings. The quantitative estimate of drug-likeness (QED) is 0.671. The fraction of sp³-hybridized carbons (Fsp3) is 0.154. The summed E-state index contributed by atoms with van der Waals surface area (Å²) in [5, 5.41) is 13.8. The van der Waals surface area contributed by atoms with Crippen LogP contribution in [0.1, 0.15) is 5.56 Å². The number of pyridine rings is 1. The molecule has 0 aliphatic carbocycles. The van der Waals surface area contributed by atoms with Crippen LogP contribution in [0.3, 0.4) is 0 Å². The predicted octanol–water partition coefficient (Wildman–Crippen LogP) is 2.64. The Bertz CT molecular complexity index is 617. The first-order chi connectivity index (χ1) is 9.61. The van der Waals surface area contributed by atoms with E-state index in [-0.39, 0.29) is 5.88 Å². The monoisotopic (exact) mass is 277 g/mol. The smallest absolute Gasteiger partial charge is 0.314 e. The standard InChI is InChI=1S/C13H12FN3O3/c1-15-7-9-5-6-12(16-8-9)20-13-10(14)3-2-4-11(13)17(18)19/h2-6,8,15H,7H2,1H3. The SMILES string of the molecule is CNCc1ccc(Oc2c(F)cccc2[N+](=O)[O-])nc1. The van der Waals surface area contributed by atoms with Gasteiger partial charge in [-0.05, 0) is 18.7 Å². The second-order valence-corrected chi connectivity index (χ2v) is 3.98. The van der Waals surface area contributed by atoms with Crippen LogP contribution in [0.2, 0.25) is 0 Å². The third-order valence-electron chi connectivity index (χ3n) is 2.53. The van der Waals surface area contributed by atoms with Crippen LogP contribution >= 0.6 is 0 Å². The molecule has 0 fully saturated rings. The Morgan fingerprint density at radius 1 is 1.40 bits per heavy atom. The maximum Gasteiger partial charge on any atom is 0.314 e. The minimum Gasteiger partial charge on any atom is -0.429 e. The first-order valence-corrected chi connectivity index (χ1v) is 5.82. The summed E-state index contributed by atoms with van der Waals surface area (Å²) in [7, 11) is 1.80.